The van der Waals surface area contributed by atoms with Crippen molar-refractivity contribution in [3.63, 3.8) is 0 Å². The first kappa shape index (κ1) is 40.5. The predicted molar refractivity (Wildman–Crippen MR) is 171 cm³/mol. The lowest BCUT2D eigenvalue weighted by Crippen LogP contribution is -2.46. The first-order chi connectivity index (χ1) is 19.9. The summed E-state index contributed by atoms with van der Waals surface area (Å²) in [7, 11) is -4.29. The van der Waals surface area contributed by atoms with Crippen molar-refractivity contribution in [1.82, 2.24) is 5.32 Å². The Labute approximate surface area is 252 Å². The fraction of sp³-hybridized carbons (Fsp3) is 0.969. The first-order valence-corrected chi connectivity index (χ1v) is 18.6. The standard InChI is InChI=1S/C32H67N2O6P/c1-3-5-7-9-11-13-14-15-16-17-18-20-22-24-26-32(36)34-30(29-40-41(37,38)39-28-27-33)31(35)25-23-21-19-12-10-8-6-4-2/h30-31,35H,3-29,33H2,1-2H3,(H,34,36)(H,37,38). The third kappa shape index (κ3) is 28.1. The van der Waals surface area contributed by atoms with E-state index in [0.717, 1.165) is 38.5 Å². The highest BCUT2D eigenvalue weighted by atomic mass is 31.2. The zero-order valence-corrected chi connectivity index (χ0v) is 27.7. The molecule has 0 aromatic rings. The van der Waals surface area contributed by atoms with Crippen LogP contribution in [0.15, 0.2) is 0 Å². The molecule has 0 heterocycles. The van der Waals surface area contributed by atoms with Gasteiger partial charge in [0.15, 0.2) is 0 Å². The summed E-state index contributed by atoms with van der Waals surface area (Å²) >= 11 is 0. The van der Waals surface area contributed by atoms with Gasteiger partial charge in [0, 0.05) is 13.0 Å². The molecule has 0 bridgehead atoms. The maximum Gasteiger partial charge on any atom is 0.472 e. The Hall–Kier alpha value is -0.500. The van der Waals surface area contributed by atoms with Crippen molar-refractivity contribution in [2.45, 2.75) is 180 Å². The molecule has 0 aliphatic heterocycles. The molecule has 3 unspecified atom stereocenters. The molecule has 0 saturated heterocycles. The summed E-state index contributed by atoms with van der Waals surface area (Å²) in [6.45, 7) is 4.16. The van der Waals surface area contributed by atoms with Gasteiger partial charge in [0.25, 0.3) is 0 Å². The lowest BCUT2D eigenvalue weighted by atomic mass is 10.0. The molecule has 0 aliphatic carbocycles. The minimum absolute atomic E-state index is 0.0916. The highest BCUT2D eigenvalue weighted by Gasteiger charge is 2.27. The molecule has 246 valence electrons. The molecule has 1 amide bonds. The monoisotopic (exact) mass is 606 g/mol. The topological polar surface area (TPSA) is 131 Å². The zero-order chi connectivity index (χ0) is 30.4. The molecule has 0 aromatic carbocycles. The number of unbranched alkanes of at least 4 members (excludes halogenated alkanes) is 20. The quantitative estimate of drug-likeness (QED) is 0.0447. The number of rotatable bonds is 32. The second-order valence-corrected chi connectivity index (χ2v) is 13.2. The Bertz CT molecular complexity index is 625. The summed E-state index contributed by atoms with van der Waals surface area (Å²) < 4.78 is 22.0. The number of phosphoric ester groups is 1. The van der Waals surface area contributed by atoms with E-state index in [1.54, 1.807) is 0 Å². The number of nitrogens with two attached hydrogens (primary N) is 1. The van der Waals surface area contributed by atoms with Crippen LogP contribution in [-0.4, -0.2) is 47.8 Å². The van der Waals surface area contributed by atoms with E-state index in [4.69, 9.17) is 14.8 Å². The summed E-state index contributed by atoms with van der Waals surface area (Å²) in [5.41, 5.74) is 5.34. The van der Waals surface area contributed by atoms with Gasteiger partial charge >= 0.3 is 7.82 Å². The van der Waals surface area contributed by atoms with Gasteiger partial charge in [-0.2, -0.15) is 0 Å². The molecule has 41 heavy (non-hydrogen) atoms. The van der Waals surface area contributed by atoms with Gasteiger partial charge in [-0.1, -0.05) is 149 Å². The van der Waals surface area contributed by atoms with Crippen LogP contribution in [0.4, 0.5) is 0 Å². The molecule has 3 atom stereocenters. The van der Waals surface area contributed by atoms with Gasteiger partial charge in [-0.15, -0.1) is 0 Å². The Morgan fingerprint density at radius 3 is 1.56 bits per heavy atom. The third-order valence-electron chi connectivity index (χ3n) is 7.71. The lowest BCUT2D eigenvalue weighted by Gasteiger charge is -2.25. The van der Waals surface area contributed by atoms with Crippen LogP contribution in [0.25, 0.3) is 0 Å². The highest BCUT2D eigenvalue weighted by Crippen LogP contribution is 2.43. The molecule has 0 aliphatic rings. The SMILES string of the molecule is CCCCCCCCCCCCCCCCC(=O)NC(COP(=O)(O)OCCN)C(O)CCCCCCCCCC. The van der Waals surface area contributed by atoms with E-state index in [1.165, 1.54) is 103 Å². The van der Waals surface area contributed by atoms with E-state index in [-0.39, 0.29) is 25.7 Å². The van der Waals surface area contributed by atoms with E-state index in [1.807, 2.05) is 0 Å². The second-order valence-electron chi connectivity index (χ2n) is 11.7. The van der Waals surface area contributed by atoms with Gasteiger partial charge in [0.2, 0.25) is 5.91 Å². The van der Waals surface area contributed by atoms with Crippen LogP contribution in [-0.2, 0) is 18.4 Å². The van der Waals surface area contributed by atoms with E-state index in [2.05, 4.69) is 19.2 Å². The van der Waals surface area contributed by atoms with E-state index < -0.39 is 20.0 Å². The van der Waals surface area contributed by atoms with Crippen molar-refractivity contribution in [2.24, 2.45) is 5.73 Å². The number of phosphoric acid groups is 1. The number of aliphatic hydroxyl groups excluding tert-OH is 1. The predicted octanol–water partition coefficient (Wildman–Crippen LogP) is 8.33. The Balaban J connectivity index is 4.22. The Morgan fingerprint density at radius 2 is 1.12 bits per heavy atom. The minimum Gasteiger partial charge on any atom is -0.391 e. The molecule has 5 N–H and O–H groups in total. The maximum atomic E-state index is 12.6. The van der Waals surface area contributed by atoms with Crippen LogP contribution in [0, 0.1) is 0 Å². The van der Waals surface area contributed by atoms with Crippen molar-refractivity contribution in [3.05, 3.63) is 0 Å². The largest absolute Gasteiger partial charge is 0.472 e. The summed E-state index contributed by atoms with van der Waals surface area (Å²) in [5.74, 6) is -0.164. The smallest absolute Gasteiger partial charge is 0.391 e. The van der Waals surface area contributed by atoms with E-state index in [9.17, 15) is 19.4 Å². The van der Waals surface area contributed by atoms with Gasteiger partial charge in [-0.3, -0.25) is 13.8 Å². The minimum atomic E-state index is -4.29. The van der Waals surface area contributed by atoms with Crippen molar-refractivity contribution < 1.29 is 28.4 Å². The van der Waals surface area contributed by atoms with E-state index in [0.29, 0.717) is 12.8 Å². The summed E-state index contributed by atoms with van der Waals surface area (Å²) in [6.07, 6.45) is 26.8. The fourth-order valence-electron chi connectivity index (χ4n) is 5.08. The highest BCUT2D eigenvalue weighted by molar-refractivity contribution is 7.47. The first-order valence-electron chi connectivity index (χ1n) is 17.2. The van der Waals surface area contributed by atoms with Gasteiger partial charge in [0.05, 0.1) is 25.4 Å². The number of carbonyl (C=O) groups is 1. The van der Waals surface area contributed by atoms with Crippen LogP contribution in [0.1, 0.15) is 168 Å². The summed E-state index contributed by atoms with van der Waals surface area (Å²) in [4.78, 5) is 22.5. The number of carbonyl (C=O) groups excluding carboxylic acids is 1. The molecule has 0 saturated carbocycles. The molecular weight excluding hydrogens is 539 g/mol. The second kappa shape index (κ2) is 29.6. The zero-order valence-electron chi connectivity index (χ0n) is 26.8. The van der Waals surface area contributed by atoms with Crippen LogP contribution in [0.2, 0.25) is 0 Å². The molecule has 0 fully saturated rings. The van der Waals surface area contributed by atoms with Gasteiger partial charge < -0.3 is 21.1 Å². The molecule has 0 spiro atoms. The maximum absolute atomic E-state index is 12.6. The Morgan fingerprint density at radius 1 is 0.707 bits per heavy atom. The fourth-order valence-corrected chi connectivity index (χ4v) is 5.84. The van der Waals surface area contributed by atoms with Crippen molar-refractivity contribution >= 4 is 13.7 Å². The number of nitrogens with one attached hydrogen (secondary N) is 1. The van der Waals surface area contributed by atoms with Crippen LogP contribution in [0.5, 0.6) is 0 Å². The van der Waals surface area contributed by atoms with Crippen LogP contribution in [0.3, 0.4) is 0 Å². The summed E-state index contributed by atoms with van der Waals surface area (Å²) in [6, 6.07) is -0.763. The molecule has 9 heteroatoms. The average molecular weight is 607 g/mol. The van der Waals surface area contributed by atoms with E-state index >= 15 is 0 Å². The normalized spacial score (nSPS) is 14.6. The number of hydrogen-bond acceptors (Lipinski definition) is 6. The van der Waals surface area contributed by atoms with Gasteiger partial charge in [0.1, 0.15) is 0 Å². The van der Waals surface area contributed by atoms with Crippen molar-refractivity contribution in [3.8, 4) is 0 Å². The number of hydrogen-bond donors (Lipinski definition) is 4. The average Bonchev–Trinajstić information content (AvgIpc) is 2.95. The Kier molecular flexibility index (Phi) is 29.2. The summed E-state index contributed by atoms with van der Waals surface area (Å²) in [5, 5.41) is 13.6. The van der Waals surface area contributed by atoms with Gasteiger partial charge in [-0.25, -0.2) is 4.57 Å². The number of aliphatic hydroxyl groups is 1. The molecule has 0 rings (SSSR count). The third-order valence-corrected chi connectivity index (χ3v) is 8.70. The van der Waals surface area contributed by atoms with Gasteiger partial charge in [-0.05, 0) is 12.8 Å². The van der Waals surface area contributed by atoms with Crippen LogP contribution < -0.4 is 11.1 Å². The molecular formula is C32H67N2O6P. The molecule has 0 aromatic heterocycles. The van der Waals surface area contributed by atoms with Crippen LogP contribution >= 0.6 is 7.82 Å². The number of amides is 1. The molecule has 8 nitrogen and oxygen atoms in total. The molecule has 0 radical (unpaired) electrons. The lowest BCUT2D eigenvalue weighted by molar-refractivity contribution is -0.123. The van der Waals surface area contributed by atoms with Crippen molar-refractivity contribution in [2.75, 3.05) is 19.8 Å². The van der Waals surface area contributed by atoms with Crippen molar-refractivity contribution in [1.29, 1.82) is 0 Å².